The van der Waals surface area contributed by atoms with Crippen molar-refractivity contribution in [3.63, 3.8) is 0 Å². The van der Waals surface area contributed by atoms with Crippen LogP contribution in [0.2, 0.25) is 0 Å². The van der Waals surface area contributed by atoms with E-state index in [4.69, 9.17) is 24.0 Å². The van der Waals surface area contributed by atoms with Crippen molar-refractivity contribution in [1.82, 2.24) is 5.32 Å². The van der Waals surface area contributed by atoms with Crippen molar-refractivity contribution >= 4 is 11.9 Å². The van der Waals surface area contributed by atoms with Crippen LogP contribution in [0.4, 0.5) is 0 Å². The maximum atomic E-state index is 12.7. The van der Waals surface area contributed by atoms with Crippen LogP contribution in [0.15, 0.2) is 30.3 Å². The monoisotopic (exact) mass is 487 g/mol. The molecule has 5 aliphatic rings. The Bertz CT molecular complexity index is 941. The van der Waals surface area contributed by atoms with E-state index in [0.29, 0.717) is 5.92 Å². The number of esters is 1. The lowest BCUT2D eigenvalue weighted by atomic mass is 9.58. The van der Waals surface area contributed by atoms with E-state index in [9.17, 15) is 9.59 Å². The minimum absolute atomic E-state index is 0.0156. The average molecular weight is 488 g/mol. The van der Waals surface area contributed by atoms with Crippen molar-refractivity contribution in [2.24, 2.45) is 23.7 Å². The second-order valence-electron chi connectivity index (χ2n) is 11.0. The van der Waals surface area contributed by atoms with Crippen molar-refractivity contribution in [1.29, 1.82) is 0 Å². The number of ether oxygens (including phenoxy) is 3. The maximum Gasteiger partial charge on any atom is 0.308 e. The Morgan fingerprint density at radius 2 is 1.86 bits per heavy atom. The van der Waals surface area contributed by atoms with Gasteiger partial charge < -0.3 is 19.5 Å². The molecule has 1 spiro atoms. The first kappa shape index (κ1) is 24.7. The summed E-state index contributed by atoms with van der Waals surface area (Å²) < 4.78 is 18.4. The Morgan fingerprint density at radius 3 is 2.63 bits per heavy atom. The molecular formula is C27H37NO7. The van der Waals surface area contributed by atoms with Gasteiger partial charge in [0.05, 0.1) is 12.5 Å². The van der Waals surface area contributed by atoms with Crippen LogP contribution in [0.1, 0.15) is 77.8 Å². The van der Waals surface area contributed by atoms with Crippen LogP contribution in [0.3, 0.4) is 0 Å². The summed E-state index contributed by atoms with van der Waals surface area (Å²) in [5.74, 6) is -0.812. The van der Waals surface area contributed by atoms with E-state index in [1.165, 1.54) is 0 Å². The number of hydrogen-bond acceptors (Lipinski definition) is 7. The summed E-state index contributed by atoms with van der Waals surface area (Å²) in [5.41, 5.74) is 0.322. The van der Waals surface area contributed by atoms with Gasteiger partial charge in [0.2, 0.25) is 18.0 Å². The smallest absolute Gasteiger partial charge is 0.308 e. The number of carbonyl (C=O) groups excluding carboxylic acids is 2. The van der Waals surface area contributed by atoms with Gasteiger partial charge in [-0.05, 0) is 50.5 Å². The lowest BCUT2D eigenvalue weighted by molar-refractivity contribution is -0.576. The van der Waals surface area contributed by atoms with Gasteiger partial charge in [0.25, 0.3) is 0 Å². The van der Waals surface area contributed by atoms with Crippen molar-refractivity contribution in [2.75, 3.05) is 0 Å². The summed E-state index contributed by atoms with van der Waals surface area (Å²) in [5, 5.41) is 2.93. The Morgan fingerprint density at radius 1 is 1.09 bits per heavy atom. The highest BCUT2D eigenvalue weighted by Crippen LogP contribution is 2.60. The van der Waals surface area contributed by atoms with E-state index in [1.54, 1.807) is 0 Å². The molecule has 2 bridgehead atoms. The molecule has 192 valence electrons. The second-order valence-corrected chi connectivity index (χ2v) is 11.0. The van der Waals surface area contributed by atoms with Gasteiger partial charge >= 0.3 is 5.97 Å². The van der Waals surface area contributed by atoms with Gasteiger partial charge in [0.1, 0.15) is 0 Å². The molecule has 0 radical (unpaired) electrons. The van der Waals surface area contributed by atoms with E-state index >= 15 is 0 Å². The number of amides is 1. The molecule has 8 nitrogen and oxygen atoms in total. The number of benzene rings is 1. The van der Waals surface area contributed by atoms with Crippen LogP contribution in [0.5, 0.6) is 0 Å². The lowest BCUT2D eigenvalue weighted by Crippen LogP contribution is -2.70. The molecular weight excluding hydrogens is 450 g/mol. The Kier molecular flexibility index (Phi) is 6.68. The number of rotatable bonds is 6. The highest BCUT2D eigenvalue weighted by Gasteiger charge is 2.69. The molecule has 8 heteroatoms. The van der Waals surface area contributed by atoms with Crippen LogP contribution in [-0.4, -0.2) is 35.8 Å². The highest BCUT2D eigenvalue weighted by molar-refractivity contribution is 5.81. The molecule has 4 saturated heterocycles. The molecule has 1 aromatic carbocycles. The second kappa shape index (κ2) is 9.47. The third kappa shape index (κ3) is 4.50. The van der Waals surface area contributed by atoms with Gasteiger partial charge in [-0.25, -0.2) is 9.78 Å². The van der Waals surface area contributed by atoms with Gasteiger partial charge in [-0.3, -0.25) is 9.59 Å². The zero-order chi connectivity index (χ0) is 24.8. The largest absolute Gasteiger partial charge is 0.435 e. The zero-order valence-electron chi connectivity index (χ0n) is 21.0. The van der Waals surface area contributed by atoms with Gasteiger partial charge in [-0.2, -0.15) is 0 Å². The van der Waals surface area contributed by atoms with Crippen LogP contribution in [0.25, 0.3) is 0 Å². The zero-order valence-corrected chi connectivity index (χ0v) is 21.0. The van der Waals surface area contributed by atoms with Gasteiger partial charge in [0.15, 0.2) is 11.9 Å². The summed E-state index contributed by atoms with van der Waals surface area (Å²) in [7, 11) is 0. The minimum Gasteiger partial charge on any atom is -0.435 e. The van der Waals surface area contributed by atoms with Crippen molar-refractivity contribution in [3.05, 3.63) is 35.9 Å². The number of fused-ring (bicyclic) bond motifs is 2. The summed E-state index contributed by atoms with van der Waals surface area (Å²) in [6.07, 6.45) is 2.30. The predicted octanol–water partition coefficient (Wildman–Crippen LogP) is 4.40. The Hall–Kier alpha value is -2.00. The molecule has 1 N–H and O–H groups in total. The van der Waals surface area contributed by atoms with Gasteiger partial charge in [-0.15, -0.1) is 0 Å². The van der Waals surface area contributed by atoms with E-state index in [0.717, 1.165) is 31.2 Å². The summed E-state index contributed by atoms with van der Waals surface area (Å²) in [4.78, 5) is 37.1. The number of carbonyl (C=O) groups is 2. The fourth-order valence-electron chi connectivity index (χ4n) is 6.55. The first-order valence-corrected chi connectivity index (χ1v) is 13.0. The fourth-order valence-corrected chi connectivity index (χ4v) is 6.55. The molecule has 1 aromatic rings. The fraction of sp³-hybridized carbons (Fsp3) is 0.704. The molecule has 1 amide bonds. The molecule has 1 unspecified atom stereocenters. The van der Waals surface area contributed by atoms with Gasteiger partial charge in [-0.1, -0.05) is 44.2 Å². The molecule has 35 heavy (non-hydrogen) atoms. The summed E-state index contributed by atoms with van der Waals surface area (Å²) >= 11 is 0. The SMILES string of the molecule is CC(NC(=O)CCC(=O)O[C@@H]1O[C@@H]2O[C@@]3(C)CC[C@H]4[C@H](C)CC[C@@H]([C@H]1C)[C@@]24OO3)c1ccccc1. The third-order valence-corrected chi connectivity index (χ3v) is 8.58. The number of nitrogens with one attached hydrogen (secondary N) is 1. The Balaban J connectivity index is 1.21. The van der Waals surface area contributed by atoms with E-state index in [2.05, 4.69) is 12.2 Å². The lowest BCUT2D eigenvalue weighted by Gasteiger charge is -2.59. The number of hydrogen-bond donors (Lipinski definition) is 1. The first-order chi connectivity index (χ1) is 16.7. The minimum atomic E-state index is -0.875. The first-order valence-electron chi connectivity index (χ1n) is 13.0. The van der Waals surface area contributed by atoms with Crippen LogP contribution in [-0.2, 0) is 33.6 Å². The van der Waals surface area contributed by atoms with Gasteiger partial charge in [0, 0.05) is 24.7 Å². The van der Waals surface area contributed by atoms with E-state index in [-0.39, 0.29) is 42.5 Å². The Labute approximate surface area is 206 Å². The molecule has 6 rings (SSSR count). The molecule has 5 fully saturated rings. The van der Waals surface area contributed by atoms with Crippen molar-refractivity contribution < 1.29 is 33.6 Å². The molecule has 1 aliphatic carbocycles. The standard InChI is InChI=1S/C27H37NO7/c1-16-10-11-21-17(2)24(32-25-27(21)20(16)14-15-26(4,33-25)34-35-27)31-23(30)13-12-22(29)28-18(3)19-8-6-5-7-9-19/h5-9,16-18,20-21,24-25H,10-15H2,1-4H3,(H,28,29)/t16-,17-,18?,20+,21+,24-,25-,26-,27-/m1/s1. The maximum absolute atomic E-state index is 12.7. The highest BCUT2D eigenvalue weighted by atomic mass is 17.3. The topological polar surface area (TPSA) is 92.3 Å². The average Bonchev–Trinajstić information content (AvgIpc) is 3.07. The van der Waals surface area contributed by atoms with Crippen LogP contribution < -0.4 is 5.32 Å². The summed E-state index contributed by atoms with van der Waals surface area (Å²) in [6, 6.07) is 9.58. The van der Waals surface area contributed by atoms with Crippen molar-refractivity contribution in [3.8, 4) is 0 Å². The molecule has 1 saturated carbocycles. The predicted molar refractivity (Wildman–Crippen MR) is 125 cm³/mol. The van der Waals surface area contributed by atoms with Crippen LogP contribution >= 0.6 is 0 Å². The normalized spacial score (nSPS) is 40.8. The summed E-state index contributed by atoms with van der Waals surface area (Å²) in [6.45, 7) is 8.09. The van der Waals surface area contributed by atoms with Crippen molar-refractivity contribution in [2.45, 2.75) is 96.2 Å². The molecule has 9 atom stereocenters. The van der Waals surface area contributed by atoms with E-state index in [1.807, 2.05) is 51.1 Å². The van der Waals surface area contributed by atoms with E-state index < -0.39 is 29.9 Å². The van der Waals surface area contributed by atoms with Crippen LogP contribution in [0, 0.1) is 23.7 Å². The quantitative estimate of drug-likeness (QED) is 0.470. The molecule has 4 aliphatic heterocycles. The molecule has 4 heterocycles. The third-order valence-electron chi connectivity index (χ3n) is 8.58. The molecule has 0 aromatic heterocycles.